The van der Waals surface area contributed by atoms with E-state index >= 15 is 0 Å². The first-order valence-corrected chi connectivity index (χ1v) is 11.3. The Bertz CT molecular complexity index is 413. The fourth-order valence-corrected chi connectivity index (χ4v) is 3.80. The Balaban J connectivity index is 1.87. The van der Waals surface area contributed by atoms with Crippen LogP contribution in [0, 0.1) is 0 Å². The van der Waals surface area contributed by atoms with E-state index in [4.69, 9.17) is 0 Å². The van der Waals surface area contributed by atoms with Crippen molar-refractivity contribution in [2.75, 3.05) is 20.6 Å². The maximum absolute atomic E-state index is 4.11. The van der Waals surface area contributed by atoms with Gasteiger partial charge in [0, 0.05) is 18.0 Å². The van der Waals surface area contributed by atoms with Gasteiger partial charge in [0.2, 0.25) is 0 Å². The lowest BCUT2D eigenvalue weighted by Gasteiger charge is -2.30. The van der Waals surface area contributed by atoms with E-state index in [9.17, 15) is 0 Å². The number of quaternary nitrogens is 1. The molecule has 0 saturated carbocycles. The molecule has 26 heavy (non-hydrogen) atoms. The first-order valence-electron chi connectivity index (χ1n) is 11.3. The van der Waals surface area contributed by atoms with E-state index in [-0.39, 0.29) is 0 Å². The van der Waals surface area contributed by atoms with Gasteiger partial charge in [0.25, 0.3) is 0 Å². The average Bonchev–Trinajstić information content (AvgIpc) is 2.62. The zero-order valence-corrected chi connectivity index (χ0v) is 18.0. The van der Waals surface area contributed by atoms with Gasteiger partial charge < -0.3 is 4.48 Å². The molecule has 2 nitrogen and oxygen atoms in total. The van der Waals surface area contributed by atoms with Crippen LogP contribution in [0.5, 0.6) is 0 Å². The van der Waals surface area contributed by atoms with Crippen molar-refractivity contribution in [3.8, 4) is 0 Å². The Morgan fingerprint density at radius 3 is 1.54 bits per heavy atom. The second kappa shape index (κ2) is 15.2. The Morgan fingerprint density at radius 1 is 0.654 bits per heavy atom. The monoisotopic (exact) mass is 361 g/mol. The fraction of sp³-hybridized carbons (Fsp3) is 0.792. The predicted molar refractivity (Wildman–Crippen MR) is 115 cm³/mol. The van der Waals surface area contributed by atoms with Crippen LogP contribution < -0.4 is 0 Å². The van der Waals surface area contributed by atoms with Crippen LogP contribution in [0.3, 0.4) is 0 Å². The summed E-state index contributed by atoms with van der Waals surface area (Å²) in [6, 6.07) is 4.29. The highest BCUT2D eigenvalue weighted by Crippen LogP contribution is 2.14. The van der Waals surface area contributed by atoms with Crippen molar-refractivity contribution in [3.05, 3.63) is 30.1 Å². The quantitative estimate of drug-likeness (QED) is 0.212. The summed E-state index contributed by atoms with van der Waals surface area (Å²) < 4.78 is 1.09. The van der Waals surface area contributed by atoms with Gasteiger partial charge in [-0.05, 0) is 25.0 Å². The predicted octanol–water partition coefficient (Wildman–Crippen LogP) is 7.14. The molecule has 0 atom stereocenters. The summed E-state index contributed by atoms with van der Waals surface area (Å²) in [4.78, 5) is 4.11. The van der Waals surface area contributed by atoms with Crippen molar-refractivity contribution in [2.45, 2.75) is 103 Å². The number of rotatable bonds is 17. The van der Waals surface area contributed by atoms with Crippen LogP contribution in [0.4, 0.5) is 0 Å². The number of unbranched alkanes of at least 4 members (excludes halogenated alkanes) is 13. The van der Waals surface area contributed by atoms with Gasteiger partial charge in [-0.3, -0.25) is 4.98 Å². The summed E-state index contributed by atoms with van der Waals surface area (Å²) in [7, 11) is 4.70. The molecule has 0 radical (unpaired) electrons. The molecular weight excluding hydrogens is 316 g/mol. The second-order valence-electron chi connectivity index (χ2n) is 8.77. The van der Waals surface area contributed by atoms with E-state index in [2.05, 4.69) is 38.1 Å². The molecule has 0 aliphatic rings. The van der Waals surface area contributed by atoms with Crippen LogP contribution >= 0.6 is 0 Å². The van der Waals surface area contributed by atoms with Crippen molar-refractivity contribution in [1.29, 1.82) is 0 Å². The Kier molecular flexibility index (Phi) is 13.5. The van der Waals surface area contributed by atoms with Crippen LogP contribution in [0.2, 0.25) is 0 Å². The molecule has 1 aromatic heterocycles. The third kappa shape index (κ3) is 13.3. The summed E-state index contributed by atoms with van der Waals surface area (Å²) >= 11 is 0. The molecule has 0 amide bonds. The molecule has 0 unspecified atom stereocenters. The molecule has 0 aromatic carbocycles. The van der Waals surface area contributed by atoms with Crippen LogP contribution in [-0.2, 0) is 6.54 Å². The van der Waals surface area contributed by atoms with Gasteiger partial charge >= 0.3 is 0 Å². The fourth-order valence-electron chi connectivity index (χ4n) is 3.80. The minimum atomic E-state index is 1.09. The van der Waals surface area contributed by atoms with Gasteiger partial charge in [0.1, 0.15) is 6.54 Å². The van der Waals surface area contributed by atoms with Gasteiger partial charge in [-0.15, -0.1) is 0 Å². The van der Waals surface area contributed by atoms with Gasteiger partial charge in [-0.2, -0.15) is 0 Å². The number of pyridine rings is 1. The largest absolute Gasteiger partial charge is 0.325 e. The number of nitrogens with zero attached hydrogens (tertiary/aromatic N) is 2. The molecule has 0 aliphatic heterocycles. The van der Waals surface area contributed by atoms with Crippen molar-refractivity contribution in [1.82, 2.24) is 4.98 Å². The molecule has 1 rings (SSSR count). The molecular formula is C24H45N2+. The Hall–Kier alpha value is -0.890. The van der Waals surface area contributed by atoms with Crippen LogP contribution in [0.1, 0.15) is 102 Å². The lowest BCUT2D eigenvalue weighted by molar-refractivity contribution is -0.903. The first-order chi connectivity index (χ1) is 12.6. The molecule has 1 aromatic rings. The van der Waals surface area contributed by atoms with Crippen molar-refractivity contribution in [3.63, 3.8) is 0 Å². The normalized spacial score (nSPS) is 11.8. The topological polar surface area (TPSA) is 12.9 Å². The third-order valence-electron chi connectivity index (χ3n) is 5.48. The van der Waals surface area contributed by atoms with Crippen molar-refractivity contribution >= 4 is 0 Å². The molecule has 1 heterocycles. The second-order valence-corrected chi connectivity index (χ2v) is 8.77. The minimum Gasteiger partial charge on any atom is -0.325 e. The maximum Gasteiger partial charge on any atom is 0.104 e. The number of hydrogen-bond donors (Lipinski definition) is 0. The molecule has 0 spiro atoms. The lowest BCUT2D eigenvalue weighted by Crippen LogP contribution is -2.39. The molecule has 150 valence electrons. The van der Waals surface area contributed by atoms with Crippen LogP contribution in [0.25, 0.3) is 0 Å². The Labute approximate surface area is 164 Å². The minimum absolute atomic E-state index is 1.09. The lowest BCUT2D eigenvalue weighted by atomic mass is 10.0. The summed E-state index contributed by atoms with van der Waals surface area (Å²) in [5.41, 5.74) is 1.40. The van der Waals surface area contributed by atoms with Crippen LogP contribution in [0.15, 0.2) is 24.5 Å². The van der Waals surface area contributed by atoms with E-state index in [1.807, 2.05) is 12.4 Å². The highest BCUT2D eigenvalue weighted by molar-refractivity contribution is 5.07. The summed E-state index contributed by atoms with van der Waals surface area (Å²) in [6.45, 7) is 4.68. The zero-order valence-electron chi connectivity index (χ0n) is 18.0. The summed E-state index contributed by atoms with van der Waals surface area (Å²) in [5.74, 6) is 0. The highest BCUT2D eigenvalue weighted by atomic mass is 15.3. The van der Waals surface area contributed by atoms with E-state index in [0.29, 0.717) is 0 Å². The van der Waals surface area contributed by atoms with Gasteiger partial charge in [-0.1, -0.05) is 84.0 Å². The molecule has 0 bridgehead atoms. The smallest absolute Gasteiger partial charge is 0.104 e. The van der Waals surface area contributed by atoms with Gasteiger partial charge in [0.15, 0.2) is 0 Å². The van der Waals surface area contributed by atoms with Crippen molar-refractivity contribution < 1.29 is 4.48 Å². The average molecular weight is 362 g/mol. The summed E-state index contributed by atoms with van der Waals surface area (Å²) in [6.07, 6.45) is 23.9. The zero-order chi connectivity index (χ0) is 18.9. The summed E-state index contributed by atoms with van der Waals surface area (Å²) in [5, 5.41) is 0. The van der Waals surface area contributed by atoms with E-state index < -0.39 is 0 Å². The molecule has 0 N–H and O–H groups in total. The SMILES string of the molecule is CCCCCCCCCCCCCCCC[N+](C)(C)Cc1ccncc1. The van der Waals surface area contributed by atoms with E-state index in [0.717, 1.165) is 11.0 Å². The van der Waals surface area contributed by atoms with Crippen LogP contribution in [-0.4, -0.2) is 30.1 Å². The molecule has 0 saturated heterocycles. The maximum atomic E-state index is 4.11. The van der Waals surface area contributed by atoms with Gasteiger partial charge in [-0.25, -0.2) is 0 Å². The molecule has 0 aliphatic carbocycles. The molecule has 2 heteroatoms. The van der Waals surface area contributed by atoms with E-state index in [1.54, 1.807) is 0 Å². The first kappa shape index (κ1) is 23.1. The Morgan fingerprint density at radius 2 is 1.08 bits per heavy atom. The standard InChI is InChI=1S/C24H45N2/c1-4-5-6-7-8-9-10-11-12-13-14-15-16-17-22-26(2,3)23-24-18-20-25-21-19-24/h18-21H,4-17,22-23H2,1-3H3/q+1. The highest BCUT2D eigenvalue weighted by Gasteiger charge is 2.14. The van der Waals surface area contributed by atoms with Crippen molar-refractivity contribution in [2.24, 2.45) is 0 Å². The number of aromatic nitrogens is 1. The molecule has 0 fully saturated rings. The van der Waals surface area contributed by atoms with Gasteiger partial charge in [0.05, 0.1) is 20.6 Å². The van der Waals surface area contributed by atoms with E-state index in [1.165, 1.54) is 102 Å². The third-order valence-corrected chi connectivity index (χ3v) is 5.48. The number of hydrogen-bond acceptors (Lipinski definition) is 1.